The molecule has 2 fully saturated rings. The third kappa shape index (κ3) is 7.12. The van der Waals surface area contributed by atoms with E-state index < -0.39 is 27.8 Å². The fourth-order valence-electron chi connectivity index (χ4n) is 4.69. The number of rotatable bonds is 10. The van der Waals surface area contributed by atoms with Crippen LogP contribution in [0, 0.1) is 11.6 Å². The van der Waals surface area contributed by atoms with Gasteiger partial charge in [0.2, 0.25) is 15.9 Å². The standard InChI is InChI=1S/C26H32F2N4O4S/c1-37(35,36)32-15-13-31(14-16-32)26(34)23(30-25(33)20-5-2-3-6-22(20)28)7-4-12-29-24-17-21(24)18-8-10-19(27)11-9-18/h2-3,5-6,8-11,21,23-24,29H,4,7,12-17H2,1H3,(H,30,33)/t21-,23-,24+/m0/s1. The molecule has 37 heavy (non-hydrogen) atoms. The van der Waals surface area contributed by atoms with Crippen molar-refractivity contribution in [1.82, 2.24) is 19.8 Å². The molecule has 3 atom stereocenters. The van der Waals surface area contributed by atoms with Crippen LogP contribution < -0.4 is 10.6 Å². The van der Waals surface area contributed by atoms with E-state index in [1.165, 1.54) is 34.6 Å². The molecule has 2 aliphatic rings. The zero-order chi connectivity index (χ0) is 26.6. The van der Waals surface area contributed by atoms with Gasteiger partial charge < -0.3 is 15.5 Å². The Bertz CT molecular complexity index is 1220. The van der Waals surface area contributed by atoms with Gasteiger partial charge in [-0.3, -0.25) is 9.59 Å². The predicted octanol–water partition coefficient (Wildman–Crippen LogP) is 2.09. The van der Waals surface area contributed by atoms with Crippen molar-refractivity contribution in [3.63, 3.8) is 0 Å². The topological polar surface area (TPSA) is 98.8 Å². The lowest BCUT2D eigenvalue weighted by atomic mass is 10.1. The first kappa shape index (κ1) is 27.2. The van der Waals surface area contributed by atoms with Crippen molar-refractivity contribution in [3.05, 3.63) is 71.3 Å². The number of hydrogen-bond donors (Lipinski definition) is 2. The van der Waals surface area contributed by atoms with Gasteiger partial charge in [0.05, 0.1) is 11.8 Å². The van der Waals surface area contributed by atoms with Gasteiger partial charge in [0, 0.05) is 38.1 Å². The van der Waals surface area contributed by atoms with Gasteiger partial charge in [-0.25, -0.2) is 17.2 Å². The molecule has 0 bridgehead atoms. The third-order valence-electron chi connectivity index (χ3n) is 6.91. The molecule has 1 aliphatic carbocycles. The molecule has 2 aromatic rings. The van der Waals surface area contributed by atoms with Crippen LogP contribution >= 0.6 is 0 Å². The fraction of sp³-hybridized carbons (Fsp3) is 0.462. The minimum Gasteiger partial charge on any atom is -0.340 e. The Hall–Kier alpha value is -2.89. The molecule has 1 aliphatic heterocycles. The Kier molecular flexibility index (Phi) is 8.56. The molecule has 1 saturated carbocycles. The maximum atomic E-state index is 14.2. The summed E-state index contributed by atoms with van der Waals surface area (Å²) in [5.74, 6) is -1.59. The van der Waals surface area contributed by atoms with Crippen LogP contribution in [0.15, 0.2) is 48.5 Å². The Balaban J connectivity index is 1.33. The molecular weight excluding hydrogens is 502 g/mol. The van der Waals surface area contributed by atoms with Gasteiger partial charge in [-0.15, -0.1) is 0 Å². The summed E-state index contributed by atoms with van der Waals surface area (Å²) in [6.07, 6.45) is 3.01. The number of nitrogens with zero attached hydrogens (tertiary/aromatic N) is 2. The Labute approximate surface area is 216 Å². The zero-order valence-electron chi connectivity index (χ0n) is 20.7. The van der Waals surface area contributed by atoms with Crippen molar-refractivity contribution in [2.45, 2.75) is 37.3 Å². The highest BCUT2D eigenvalue weighted by atomic mass is 32.2. The highest BCUT2D eigenvalue weighted by Gasteiger charge is 2.38. The second-order valence-electron chi connectivity index (χ2n) is 9.59. The highest BCUT2D eigenvalue weighted by Crippen LogP contribution is 2.40. The molecule has 0 radical (unpaired) electrons. The maximum Gasteiger partial charge on any atom is 0.254 e. The van der Waals surface area contributed by atoms with Crippen LogP contribution in [-0.4, -0.2) is 80.5 Å². The summed E-state index contributed by atoms with van der Waals surface area (Å²) in [6.45, 7) is 1.43. The molecule has 2 N–H and O–H groups in total. The van der Waals surface area contributed by atoms with Gasteiger partial charge in [-0.05, 0) is 55.6 Å². The summed E-state index contributed by atoms with van der Waals surface area (Å²) in [4.78, 5) is 27.6. The van der Waals surface area contributed by atoms with Crippen LogP contribution in [0.5, 0.6) is 0 Å². The van der Waals surface area contributed by atoms with Gasteiger partial charge in [0.25, 0.3) is 5.91 Å². The molecule has 2 amide bonds. The number of sulfonamides is 1. The number of nitrogens with one attached hydrogen (secondary N) is 2. The monoisotopic (exact) mass is 534 g/mol. The number of benzene rings is 2. The minimum atomic E-state index is -3.34. The molecule has 4 rings (SSSR count). The first-order chi connectivity index (χ1) is 17.6. The minimum absolute atomic E-state index is 0.138. The fourth-order valence-corrected chi connectivity index (χ4v) is 5.52. The number of piperazine rings is 1. The predicted molar refractivity (Wildman–Crippen MR) is 135 cm³/mol. The summed E-state index contributed by atoms with van der Waals surface area (Å²) in [6, 6.07) is 11.5. The first-order valence-corrected chi connectivity index (χ1v) is 14.3. The van der Waals surface area contributed by atoms with Gasteiger partial charge in [0.1, 0.15) is 17.7 Å². The number of amides is 2. The first-order valence-electron chi connectivity index (χ1n) is 12.4. The van der Waals surface area contributed by atoms with E-state index in [1.807, 2.05) is 0 Å². The van der Waals surface area contributed by atoms with Crippen molar-refractivity contribution in [3.8, 4) is 0 Å². The lowest BCUT2D eigenvalue weighted by molar-refractivity contribution is -0.134. The van der Waals surface area contributed by atoms with Crippen molar-refractivity contribution < 1.29 is 26.8 Å². The summed E-state index contributed by atoms with van der Waals surface area (Å²) in [7, 11) is -3.34. The van der Waals surface area contributed by atoms with E-state index in [4.69, 9.17) is 0 Å². The summed E-state index contributed by atoms with van der Waals surface area (Å²) >= 11 is 0. The summed E-state index contributed by atoms with van der Waals surface area (Å²) in [5, 5.41) is 6.14. The number of halogens is 2. The van der Waals surface area contributed by atoms with E-state index in [9.17, 15) is 26.8 Å². The molecule has 0 aromatic heterocycles. The largest absolute Gasteiger partial charge is 0.340 e. The highest BCUT2D eigenvalue weighted by molar-refractivity contribution is 7.88. The lowest BCUT2D eigenvalue weighted by Gasteiger charge is -2.35. The molecule has 1 heterocycles. The van der Waals surface area contributed by atoms with E-state index in [2.05, 4.69) is 10.6 Å². The smallest absolute Gasteiger partial charge is 0.254 e. The van der Waals surface area contributed by atoms with Crippen molar-refractivity contribution in [2.24, 2.45) is 0 Å². The molecule has 2 aromatic carbocycles. The van der Waals surface area contributed by atoms with Crippen LogP contribution in [0.25, 0.3) is 0 Å². The number of hydrogen-bond acceptors (Lipinski definition) is 5. The van der Waals surface area contributed by atoms with Crippen molar-refractivity contribution in [2.75, 3.05) is 39.0 Å². The van der Waals surface area contributed by atoms with E-state index in [0.717, 1.165) is 18.2 Å². The van der Waals surface area contributed by atoms with Gasteiger partial charge in [0.15, 0.2) is 0 Å². The van der Waals surface area contributed by atoms with Crippen LogP contribution in [0.2, 0.25) is 0 Å². The second kappa shape index (κ2) is 11.7. The molecule has 8 nitrogen and oxygen atoms in total. The Morgan fingerprint density at radius 2 is 1.70 bits per heavy atom. The molecule has 200 valence electrons. The number of carbonyl (C=O) groups excluding carboxylic acids is 2. The Morgan fingerprint density at radius 3 is 2.35 bits per heavy atom. The average Bonchev–Trinajstić information content (AvgIpc) is 3.65. The second-order valence-corrected chi connectivity index (χ2v) is 11.6. The number of carbonyl (C=O) groups is 2. The van der Waals surface area contributed by atoms with Crippen LogP contribution in [0.4, 0.5) is 8.78 Å². The molecule has 11 heteroatoms. The lowest BCUT2D eigenvalue weighted by Crippen LogP contribution is -2.55. The third-order valence-corrected chi connectivity index (χ3v) is 8.21. The van der Waals surface area contributed by atoms with Crippen LogP contribution in [0.1, 0.15) is 41.1 Å². The quantitative estimate of drug-likeness (QED) is 0.455. The Morgan fingerprint density at radius 1 is 1.03 bits per heavy atom. The molecule has 1 saturated heterocycles. The molecular formula is C26H32F2N4O4S. The van der Waals surface area contributed by atoms with Crippen LogP contribution in [-0.2, 0) is 14.8 Å². The van der Waals surface area contributed by atoms with Gasteiger partial charge in [-0.2, -0.15) is 4.31 Å². The van der Waals surface area contributed by atoms with E-state index in [1.54, 1.807) is 23.1 Å². The van der Waals surface area contributed by atoms with E-state index in [-0.39, 0.29) is 49.5 Å². The van der Waals surface area contributed by atoms with Gasteiger partial charge in [-0.1, -0.05) is 24.3 Å². The SMILES string of the molecule is CS(=O)(=O)N1CCN(C(=O)[C@H](CCCN[C@@H]2C[C@H]2c2ccc(F)cc2)NC(=O)c2ccccc2F)CC1. The molecule has 0 spiro atoms. The zero-order valence-corrected chi connectivity index (χ0v) is 21.5. The maximum absolute atomic E-state index is 14.2. The van der Waals surface area contributed by atoms with Crippen molar-refractivity contribution in [1.29, 1.82) is 0 Å². The van der Waals surface area contributed by atoms with Crippen molar-refractivity contribution >= 4 is 21.8 Å². The van der Waals surface area contributed by atoms with E-state index >= 15 is 0 Å². The van der Waals surface area contributed by atoms with Gasteiger partial charge >= 0.3 is 0 Å². The summed E-state index contributed by atoms with van der Waals surface area (Å²) in [5.41, 5.74) is 0.942. The average molecular weight is 535 g/mol. The van der Waals surface area contributed by atoms with E-state index in [0.29, 0.717) is 25.3 Å². The van der Waals surface area contributed by atoms with Crippen LogP contribution in [0.3, 0.4) is 0 Å². The summed E-state index contributed by atoms with van der Waals surface area (Å²) < 4.78 is 52.2. The molecule has 0 unspecified atom stereocenters. The normalized spacial score (nSPS) is 20.9.